The van der Waals surface area contributed by atoms with Crippen LogP contribution in [0.15, 0.2) is 36.4 Å². The fourth-order valence-electron chi connectivity index (χ4n) is 4.10. The molecule has 1 saturated heterocycles. The van der Waals surface area contributed by atoms with Gasteiger partial charge in [-0.3, -0.25) is 4.90 Å². The molecule has 0 radical (unpaired) electrons. The van der Waals surface area contributed by atoms with Crippen LogP contribution in [0.5, 0.6) is 0 Å². The van der Waals surface area contributed by atoms with Crippen molar-refractivity contribution in [2.24, 2.45) is 0 Å². The van der Waals surface area contributed by atoms with Gasteiger partial charge in [0, 0.05) is 32.2 Å². The van der Waals surface area contributed by atoms with E-state index in [2.05, 4.69) is 73.9 Å². The van der Waals surface area contributed by atoms with Gasteiger partial charge in [-0.05, 0) is 56.0 Å². The number of fused-ring (bicyclic) bond motifs is 1. The summed E-state index contributed by atoms with van der Waals surface area (Å²) in [5, 5.41) is 1.17. The predicted octanol–water partition coefficient (Wildman–Crippen LogP) is 5.19. The van der Waals surface area contributed by atoms with Gasteiger partial charge in [0.25, 0.3) is 0 Å². The number of aromatic nitrogens is 1. The Kier molecular flexibility index (Phi) is 5.20. The van der Waals surface area contributed by atoms with E-state index in [0.717, 1.165) is 38.1 Å². The Labute approximate surface area is 166 Å². The third kappa shape index (κ3) is 4.02. The Balaban J connectivity index is 1.46. The maximum absolute atomic E-state index is 4.90. The molecular weight excluding hydrogens is 350 g/mol. The first-order valence-electron chi connectivity index (χ1n) is 9.97. The Morgan fingerprint density at radius 1 is 1.04 bits per heavy atom. The van der Waals surface area contributed by atoms with Gasteiger partial charge in [0.2, 0.25) is 0 Å². The van der Waals surface area contributed by atoms with Crippen molar-refractivity contribution < 1.29 is 0 Å². The normalized spacial score (nSPS) is 18.4. The van der Waals surface area contributed by atoms with E-state index in [1.165, 1.54) is 32.1 Å². The molecule has 2 heterocycles. The molecule has 1 fully saturated rings. The van der Waals surface area contributed by atoms with Crippen molar-refractivity contribution in [2.45, 2.75) is 46.7 Å². The summed E-state index contributed by atoms with van der Waals surface area (Å²) in [5.74, 6) is 0. The highest BCUT2D eigenvalue weighted by atomic mass is 32.1. The molecule has 0 saturated carbocycles. The zero-order valence-electron chi connectivity index (χ0n) is 16.8. The molecule has 1 aliphatic heterocycles. The SMILES string of the molecule is CCc1cc(C)cc(CN2CCN(c3nc4ccc(C)cc4s3)[C@H](C)C2)c1. The van der Waals surface area contributed by atoms with Gasteiger partial charge in [-0.25, -0.2) is 4.98 Å². The van der Waals surface area contributed by atoms with Gasteiger partial charge in [-0.1, -0.05) is 48.1 Å². The molecule has 0 spiro atoms. The number of anilines is 1. The smallest absolute Gasteiger partial charge is 0.186 e. The highest BCUT2D eigenvalue weighted by molar-refractivity contribution is 7.22. The predicted molar refractivity (Wildman–Crippen MR) is 117 cm³/mol. The zero-order valence-corrected chi connectivity index (χ0v) is 17.6. The van der Waals surface area contributed by atoms with E-state index in [0.29, 0.717) is 6.04 Å². The van der Waals surface area contributed by atoms with Crippen LogP contribution in [-0.2, 0) is 13.0 Å². The molecule has 0 unspecified atom stereocenters. The highest BCUT2D eigenvalue weighted by Gasteiger charge is 2.26. The minimum absolute atomic E-state index is 0.482. The van der Waals surface area contributed by atoms with Gasteiger partial charge < -0.3 is 4.90 Å². The molecule has 4 rings (SSSR count). The van der Waals surface area contributed by atoms with E-state index in [1.807, 2.05) is 11.3 Å². The molecule has 0 N–H and O–H groups in total. The molecule has 0 amide bonds. The second-order valence-electron chi connectivity index (χ2n) is 7.93. The number of nitrogens with zero attached hydrogens (tertiary/aromatic N) is 3. The first kappa shape index (κ1) is 18.5. The number of benzene rings is 2. The summed E-state index contributed by atoms with van der Waals surface area (Å²) >= 11 is 1.83. The summed E-state index contributed by atoms with van der Waals surface area (Å²) in [6, 6.07) is 14.1. The van der Waals surface area contributed by atoms with Crippen molar-refractivity contribution >= 4 is 26.7 Å². The molecular formula is C23H29N3S. The molecule has 3 nitrogen and oxygen atoms in total. The Morgan fingerprint density at radius 3 is 2.63 bits per heavy atom. The summed E-state index contributed by atoms with van der Waals surface area (Å²) < 4.78 is 1.30. The molecule has 0 aliphatic carbocycles. The third-order valence-corrected chi connectivity index (χ3v) is 6.56. The number of hydrogen-bond donors (Lipinski definition) is 0. The lowest BCUT2D eigenvalue weighted by atomic mass is 10.0. The topological polar surface area (TPSA) is 19.4 Å². The van der Waals surface area contributed by atoms with Crippen molar-refractivity contribution in [1.82, 2.24) is 9.88 Å². The largest absolute Gasteiger partial charge is 0.343 e. The quantitative estimate of drug-likeness (QED) is 0.622. The lowest BCUT2D eigenvalue weighted by Gasteiger charge is -2.39. The van der Waals surface area contributed by atoms with E-state index >= 15 is 0 Å². The van der Waals surface area contributed by atoms with Crippen LogP contribution in [-0.4, -0.2) is 35.6 Å². The number of hydrogen-bond acceptors (Lipinski definition) is 4. The first-order chi connectivity index (χ1) is 13.0. The lowest BCUT2D eigenvalue weighted by molar-refractivity contribution is 0.221. The van der Waals surface area contributed by atoms with Crippen molar-refractivity contribution in [3.8, 4) is 0 Å². The molecule has 1 atom stereocenters. The van der Waals surface area contributed by atoms with E-state index in [9.17, 15) is 0 Å². The summed E-state index contributed by atoms with van der Waals surface area (Å²) in [4.78, 5) is 9.98. The molecule has 1 aromatic heterocycles. The van der Waals surface area contributed by atoms with Gasteiger partial charge >= 0.3 is 0 Å². The maximum atomic E-state index is 4.90. The van der Waals surface area contributed by atoms with Crippen molar-refractivity contribution in [1.29, 1.82) is 0 Å². The number of rotatable bonds is 4. The number of piperazine rings is 1. The van der Waals surface area contributed by atoms with Crippen LogP contribution in [0.4, 0.5) is 5.13 Å². The van der Waals surface area contributed by atoms with Gasteiger partial charge in [0.15, 0.2) is 5.13 Å². The second-order valence-corrected chi connectivity index (χ2v) is 8.93. The molecule has 142 valence electrons. The third-order valence-electron chi connectivity index (χ3n) is 5.50. The fraction of sp³-hybridized carbons (Fsp3) is 0.435. The first-order valence-corrected chi connectivity index (χ1v) is 10.8. The van der Waals surface area contributed by atoms with Crippen LogP contribution in [0, 0.1) is 13.8 Å². The van der Waals surface area contributed by atoms with Crippen molar-refractivity contribution in [3.05, 3.63) is 58.7 Å². The van der Waals surface area contributed by atoms with E-state index < -0.39 is 0 Å². The fourth-order valence-corrected chi connectivity index (χ4v) is 5.30. The Bertz CT molecular complexity index is 946. The molecule has 27 heavy (non-hydrogen) atoms. The van der Waals surface area contributed by atoms with Crippen LogP contribution in [0.3, 0.4) is 0 Å². The van der Waals surface area contributed by atoms with Crippen LogP contribution >= 0.6 is 11.3 Å². The Morgan fingerprint density at radius 2 is 1.85 bits per heavy atom. The average molecular weight is 380 g/mol. The highest BCUT2D eigenvalue weighted by Crippen LogP contribution is 2.31. The van der Waals surface area contributed by atoms with Crippen LogP contribution in [0.2, 0.25) is 0 Å². The van der Waals surface area contributed by atoms with Gasteiger partial charge in [0.1, 0.15) is 0 Å². The molecule has 1 aliphatic rings. The van der Waals surface area contributed by atoms with Gasteiger partial charge in [0.05, 0.1) is 10.2 Å². The van der Waals surface area contributed by atoms with E-state index in [-0.39, 0.29) is 0 Å². The van der Waals surface area contributed by atoms with Gasteiger partial charge in [-0.2, -0.15) is 0 Å². The Hall–Kier alpha value is -1.91. The minimum atomic E-state index is 0.482. The summed E-state index contributed by atoms with van der Waals surface area (Å²) in [7, 11) is 0. The van der Waals surface area contributed by atoms with Crippen LogP contribution in [0.1, 0.15) is 36.1 Å². The number of aryl methyl sites for hydroxylation is 3. The lowest BCUT2D eigenvalue weighted by Crippen LogP contribution is -2.51. The molecule has 2 aromatic carbocycles. The number of thiazole rings is 1. The van der Waals surface area contributed by atoms with E-state index in [1.54, 1.807) is 0 Å². The molecule has 4 heteroatoms. The van der Waals surface area contributed by atoms with Crippen LogP contribution < -0.4 is 4.90 Å². The minimum Gasteiger partial charge on any atom is -0.343 e. The zero-order chi connectivity index (χ0) is 19.0. The monoisotopic (exact) mass is 379 g/mol. The van der Waals surface area contributed by atoms with Crippen molar-refractivity contribution in [2.75, 3.05) is 24.5 Å². The van der Waals surface area contributed by atoms with Gasteiger partial charge in [-0.15, -0.1) is 0 Å². The van der Waals surface area contributed by atoms with Crippen molar-refractivity contribution in [3.63, 3.8) is 0 Å². The summed E-state index contributed by atoms with van der Waals surface area (Å²) in [6.07, 6.45) is 1.11. The van der Waals surface area contributed by atoms with Crippen LogP contribution in [0.25, 0.3) is 10.2 Å². The standard InChI is InChI=1S/C23H29N3S/c1-5-19-10-17(3)11-20(13-19)15-25-8-9-26(18(4)14-25)23-24-21-7-6-16(2)12-22(21)27-23/h6-7,10-13,18H,5,8-9,14-15H2,1-4H3/t18-/m1/s1. The summed E-state index contributed by atoms with van der Waals surface area (Å²) in [5.41, 5.74) is 6.70. The summed E-state index contributed by atoms with van der Waals surface area (Å²) in [6.45, 7) is 13.2. The van der Waals surface area contributed by atoms with E-state index in [4.69, 9.17) is 4.98 Å². The molecule has 3 aromatic rings. The molecule has 0 bridgehead atoms. The second kappa shape index (κ2) is 7.61. The maximum Gasteiger partial charge on any atom is 0.186 e. The average Bonchev–Trinajstić information content (AvgIpc) is 3.04.